The summed E-state index contributed by atoms with van der Waals surface area (Å²) in [4.78, 5) is 38.3. The van der Waals surface area contributed by atoms with E-state index in [0.717, 1.165) is 135 Å². The maximum atomic E-state index is 12.9. The quantitative estimate of drug-likeness (QED) is 0.0261. The maximum Gasteiger partial charge on any atom is 0.306 e. The molecule has 0 saturated heterocycles. The van der Waals surface area contributed by atoms with Gasteiger partial charge in [-0.25, -0.2) is 0 Å². The Morgan fingerprint density at radius 1 is 0.259 bits per heavy atom. The molecule has 0 aliphatic carbocycles. The van der Waals surface area contributed by atoms with Crippen molar-refractivity contribution in [3.05, 3.63) is 146 Å². The molecular formula is C75H122O6. The van der Waals surface area contributed by atoms with Gasteiger partial charge in [-0.2, -0.15) is 0 Å². The van der Waals surface area contributed by atoms with Crippen molar-refractivity contribution in [2.75, 3.05) is 13.2 Å². The molecule has 0 spiro atoms. The number of unbranched alkanes of at least 4 members (excludes halogenated alkanes) is 24. The molecule has 1 unspecified atom stereocenters. The number of hydrogen-bond donors (Lipinski definition) is 0. The summed E-state index contributed by atoms with van der Waals surface area (Å²) >= 11 is 0. The van der Waals surface area contributed by atoms with E-state index in [2.05, 4.69) is 161 Å². The molecule has 81 heavy (non-hydrogen) atoms. The molecule has 0 heterocycles. The third-order valence-corrected chi connectivity index (χ3v) is 13.8. The van der Waals surface area contributed by atoms with Crippen LogP contribution in [0.4, 0.5) is 0 Å². The normalized spacial score (nSPS) is 13.1. The number of carbonyl (C=O) groups is 3. The molecule has 0 radical (unpaired) electrons. The fourth-order valence-electron chi connectivity index (χ4n) is 8.91. The van der Waals surface area contributed by atoms with E-state index < -0.39 is 12.1 Å². The summed E-state index contributed by atoms with van der Waals surface area (Å²) in [6.07, 6.45) is 97.4. The lowest BCUT2D eigenvalue weighted by molar-refractivity contribution is -0.166. The summed E-state index contributed by atoms with van der Waals surface area (Å²) in [6, 6.07) is 0. The summed E-state index contributed by atoms with van der Waals surface area (Å²) in [5.41, 5.74) is 0. The fourth-order valence-corrected chi connectivity index (χ4v) is 8.91. The molecule has 0 aliphatic heterocycles. The fraction of sp³-hybridized carbons (Fsp3) is 0.640. The third-order valence-electron chi connectivity index (χ3n) is 13.8. The van der Waals surface area contributed by atoms with Crippen LogP contribution in [0.25, 0.3) is 0 Å². The van der Waals surface area contributed by atoms with Gasteiger partial charge in [0.1, 0.15) is 13.2 Å². The van der Waals surface area contributed by atoms with Gasteiger partial charge < -0.3 is 14.2 Å². The van der Waals surface area contributed by atoms with E-state index in [1.807, 2.05) is 6.08 Å². The summed E-state index contributed by atoms with van der Waals surface area (Å²) in [5.74, 6) is -1.01. The van der Waals surface area contributed by atoms with Gasteiger partial charge in [-0.3, -0.25) is 14.4 Å². The van der Waals surface area contributed by atoms with Gasteiger partial charge >= 0.3 is 17.9 Å². The smallest absolute Gasteiger partial charge is 0.306 e. The Morgan fingerprint density at radius 3 is 0.802 bits per heavy atom. The molecule has 1 atom stereocenters. The second-order valence-electron chi connectivity index (χ2n) is 21.6. The Labute approximate surface area is 499 Å². The highest BCUT2D eigenvalue weighted by Crippen LogP contribution is 2.16. The van der Waals surface area contributed by atoms with E-state index in [9.17, 15) is 14.4 Å². The van der Waals surface area contributed by atoms with Crippen molar-refractivity contribution < 1.29 is 28.6 Å². The van der Waals surface area contributed by atoms with Gasteiger partial charge in [0, 0.05) is 19.3 Å². The largest absolute Gasteiger partial charge is 0.462 e. The Hall–Kier alpha value is -4.71. The summed E-state index contributed by atoms with van der Waals surface area (Å²) < 4.78 is 16.8. The Bertz CT molecular complexity index is 1760. The molecule has 0 N–H and O–H groups in total. The lowest BCUT2D eigenvalue weighted by Crippen LogP contribution is -2.30. The van der Waals surface area contributed by atoms with Crippen molar-refractivity contribution in [2.24, 2.45) is 0 Å². The van der Waals surface area contributed by atoms with Crippen LogP contribution >= 0.6 is 0 Å². The van der Waals surface area contributed by atoms with Gasteiger partial charge in [0.05, 0.1) is 0 Å². The highest BCUT2D eigenvalue weighted by Gasteiger charge is 2.19. The monoisotopic (exact) mass is 1120 g/mol. The molecule has 0 amide bonds. The molecule has 0 bridgehead atoms. The Morgan fingerprint density at radius 2 is 0.506 bits per heavy atom. The highest BCUT2D eigenvalue weighted by atomic mass is 16.6. The van der Waals surface area contributed by atoms with Crippen molar-refractivity contribution >= 4 is 17.9 Å². The SMILES string of the molecule is CC/C=C\C/C=C\C/C=C\C/C=C\C/C=C\C/C=C\CCC(=O)OC(COC(=O)CCCCCCC/C=C\C/C=C\CCC)COC(=O)CCCCCCCCCCCCCCCCCCCC/C=C\C/C=C\C/C=C\C/C=C\CC. The summed E-state index contributed by atoms with van der Waals surface area (Å²) in [6.45, 7) is 6.28. The first-order chi connectivity index (χ1) is 40.0. The van der Waals surface area contributed by atoms with E-state index in [1.165, 1.54) is 109 Å². The zero-order valence-corrected chi connectivity index (χ0v) is 52.5. The zero-order chi connectivity index (χ0) is 58.5. The average molecular weight is 1120 g/mol. The standard InChI is InChI=1S/C75H122O6/c1-4-7-10-13-16-19-22-25-27-29-31-32-33-34-35-36-37-38-39-40-41-42-44-45-47-50-53-56-59-62-65-68-74(77)80-71-72(70-79-73(76)67-64-61-58-55-52-49-24-21-18-15-12-9-6-3)81-75(78)69-66-63-60-57-54-51-48-46-43-30-28-26-23-20-17-14-11-8-5-2/h7-8,10-12,15-17,19-21,24-28,31-32,43,46,51,54,60,63,72H,4-6,9,13-14,18,22-23,29-30,33-42,44-45,47-50,52-53,55-59,61-62,64-71H2,1-3H3/b10-7-,11-8-,15-12-,19-16-,20-17-,24-21-,27-25-,28-26-,32-31-,46-43-,54-51-,63-60-. The number of esters is 3. The molecule has 0 saturated carbocycles. The van der Waals surface area contributed by atoms with Crippen LogP contribution in [0.2, 0.25) is 0 Å². The zero-order valence-electron chi connectivity index (χ0n) is 52.5. The van der Waals surface area contributed by atoms with Crippen LogP contribution in [0.1, 0.15) is 290 Å². The molecular weight excluding hydrogens is 997 g/mol. The number of ether oxygens (including phenoxy) is 3. The van der Waals surface area contributed by atoms with Crippen LogP contribution in [-0.2, 0) is 28.6 Å². The van der Waals surface area contributed by atoms with Crippen LogP contribution in [0, 0.1) is 0 Å². The van der Waals surface area contributed by atoms with Gasteiger partial charge in [0.15, 0.2) is 6.10 Å². The molecule has 0 aromatic carbocycles. The molecule has 458 valence electrons. The van der Waals surface area contributed by atoms with Gasteiger partial charge in [-0.05, 0) is 122 Å². The highest BCUT2D eigenvalue weighted by molar-refractivity contribution is 5.71. The van der Waals surface area contributed by atoms with Crippen molar-refractivity contribution in [3.63, 3.8) is 0 Å². The van der Waals surface area contributed by atoms with Crippen molar-refractivity contribution in [1.82, 2.24) is 0 Å². The van der Waals surface area contributed by atoms with Gasteiger partial charge in [-0.1, -0.05) is 295 Å². The Kier molecular flexibility index (Phi) is 63.9. The minimum Gasteiger partial charge on any atom is -0.462 e. The van der Waals surface area contributed by atoms with E-state index in [-0.39, 0.29) is 31.6 Å². The Balaban J connectivity index is 4.31. The van der Waals surface area contributed by atoms with E-state index in [1.54, 1.807) is 0 Å². The lowest BCUT2D eigenvalue weighted by Gasteiger charge is -2.18. The van der Waals surface area contributed by atoms with E-state index >= 15 is 0 Å². The van der Waals surface area contributed by atoms with Crippen LogP contribution in [0.5, 0.6) is 0 Å². The first kappa shape index (κ1) is 76.3. The van der Waals surface area contributed by atoms with Crippen LogP contribution in [0.15, 0.2) is 146 Å². The first-order valence-electron chi connectivity index (χ1n) is 33.3. The average Bonchev–Trinajstić information content (AvgIpc) is 3.46. The van der Waals surface area contributed by atoms with Crippen LogP contribution < -0.4 is 0 Å². The van der Waals surface area contributed by atoms with Gasteiger partial charge in [0.2, 0.25) is 0 Å². The molecule has 6 nitrogen and oxygen atoms in total. The molecule has 0 aromatic rings. The van der Waals surface area contributed by atoms with E-state index in [4.69, 9.17) is 14.2 Å². The molecule has 6 heteroatoms. The van der Waals surface area contributed by atoms with Crippen LogP contribution in [0.3, 0.4) is 0 Å². The second-order valence-corrected chi connectivity index (χ2v) is 21.6. The minimum absolute atomic E-state index is 0.115. The number of carbonyl (C=O) groups excluding carboxylic acids is 3. The maximum absolute atomic E-state index is 12.9. The molecule has 0 fully saturated rings. The lowest BCUT2D eigenvalue weighted by atomic mass is 10.0. The van der Waals surface area contributed by atoms with Crippen molar-refractivity contribution in [3.8, 4) is 0 Å². The van der Waals surface area contributed by atoms with Crippen LogP contribution in [-0.4, -0.2) is 37.2 Å². The van der Waals surface area contributed by atoms with E-state index in [0.29, 0.717) is 19.3 Å². The summed E-state index contributed by atoms with van der Waals surface area (Å²) in [5, 5.41) is 0. The second kappa shape index (κ2) is 67.8. The molecule has 0 aliphatic rings. The predicted octanol–water partition coefficient (Wildman–Crippen LogP) is 23.1. The minimum atomic E-state index is -0.829. The number of rotatable bonds is 59. The van der Waals surface area contributed by atoms with Gasteiger partial charge in [0.25, 0.3) is 0 Å². The first-order valence-corrected chi connectivity index (χ1v) is 33.3. The van der Waals surface area contributed by atoms with Crippen molar-refractivity contribution in [1.29, 1.82) is 0 Å². The van der Waals surface area contributed by atoms with Gasteiger partial charge in [-0.15, -0.1) is 0 Å². The third kappa shape index (κ3) is 66.0. The number of allylic oxidation sites excluding steroid dienone is 24. The molecule has 0 aromatic heterocycles. The summed E-state index contributed by atoms with van der Waals surface area (Å²) in [7, 11) is 0. The predicted molar refractivity (Wildman–Crippen MR) is 352 cm³/mol. The van der Waals surface area contributed by atoms with Crippen molar-refractivity contribution in [2.45, 2.75) is 297 Å². The number of hydrogen-bond acceptors (Lipinski definition) is 6. The topological polar surface area (TPSA) is 78.9 Å². The molecule has 0 rings (SSSR count).